The van der Waals surface area contributed by atoms with Gasteiger partial charge in [-0.15, -0.1) is 3.89 Å². The van der Waals surface area contributed by atoms with Crippen LogP contribution in [0.2, 0.25) is 5.02 Å². The number of carbonyl (C=O) groups is 1. The number of likely N-dealkylation sites (tertiary alicyclic amines) is 1. The Morgan fingerprint density at radius 3 is 2.55 bits per heavy atom. The second kappa shape index (κ2) is 5.02. The molecule has 110 valence electrons. The summed E-state index contributed by atoms with van der Waals surface area (Å²) < 4.78 is 24.7. The number of nitrogens with zero attached hydrogens (tertiary/aromatic N) is 1. The van der Waals surface area contributed by atoms with Crippen LogP contribution in [0.5, 0.6) is 0 Å². The zero-order valence-corrected chi connectivity index (χ0v) is 12.9. The molecule has 1 heterocycles. The number of aryl methyl sites for hydroxylation is 1. The predicted octanol–water partition coefficient (Wildman–Crippen LogP) is 3.01. The van der Waals surface area contributed by atoms with E-state index in [4.69, 9.17) is 11.6 Å². The lowest BCUT2D eigenvalue weighted by Gasteiger charge is -2.30. The van der Waals surface area contributed by atoms with Crippen molar-refractivity contribution in [2.24, 2.45) is 0 Å². The smallest absolute Gasteiger partial charge is 0.435 e. The van der Waals surface area contributed by atoms with Crippen LogP contribution >= 0.6 is 11.6 Å². The summed E-state index contributed by atoms with van der Waals surface area (Å²) in [6.07, 6.45) is -0.177. The molecule has 1 amide bonds. The summed E-state index contributed by atoms with van der Waals surface area (Å²) in [5.41, 5.74) is 0.752. The van der Waals surface area contributed by atoms with Crippen molar-refractivity contribution in [3.05, 3.63) is 28.8 Å². The molecule has 1 N–H and O–H groups in total. The summed E-state index contributed by atoms with van der Waals surface area (Å²) in [7, 11) is -4.03. The molecule has 0 spiro atoms. The zero-order valence-electron chi connectivity index (χ0n) is 11.3. The van der Waals surface area contributed by atoms with Gasteiger partial charge in [0, 0.05) is 17.9 Å². The first-order chi connectivity index (χ1) is 9.23. The van der Waals surface area contributed by atoms with Crippen LogP contribution in [0.25, 0.3) is 0 Å². The molecule has 5 nitrogen and oxygen atoms in total. The molecule has 1 aromatic rings. The van der Waals surface area contributed by atoms with Gasteiger partial charge in [-0.05, 0) is 31.5 Å². The molecule has 1 aliphatic heterocycles. The third-order valence-corrected chi connectivity index (χ3v) is 6.83. The molecule has 0 bridgehead atoms. The first kappa shape index (κ1) is 15.3. The zero-order chi connectivity index (χ0) is 15.1. The molecule has 0 aliphatic carbocycles. The van der Waals surface area contributed by atoms with Gasteiger partial charge in [0.1, 0.15) is 17.5 Å². The maximum atomic E-state index is 12.8. The number of sulfonamides is 1. The van der Waals surface area contributed by atoms with Gasteiger partial charge in [-0.25, -0.2) is 0 Å². The molecule has 1 saturated heterocycles. The van der Waals surface area contributed by atoms with Crippen LogP contribution < -0.4 is 0 Å². The van der Waals surface area contributed by atoms with E-state index in [2.05, 4.69) is 0 Å². The first-order valence-electron chi connectivity index (χ1n) is 6.36. The van der Waals surface area contributed by atoms with Crippen molar-refractivity contribution in [2.45, 2.75) is 37.6 Å². The Morgan fingerprint density at radius 2 is 2.10 bits per heavy atom. The van der Waals surface area contributed by atoms with Gasteiger partial charge in [0.15, 0.2) is 0 Å². The maximum absolute atomic E-state index is 12.8. The van der Waals surface area contributed by atoms with Gasteiger partial charge in [-0.1, -0.05) is 17.7 Å². The van der Waals surface area contributed by atoms with E-state index in [-0.39, 0.29) is 11.4 Å². The van der Waals surface area contributed by atoms with Gasteiger partial charge in [0.25, 0.3) is 0 Å². The summed E-state index contributed by atoms with van der Waals surface area (Å²) >= 11 is 5.97. The molecule has 2 rings (SSSR count). The third-order valence-electron chi connectivity index (χ3n) is 4.02. The molecule has 0 saturated carbocycles. The average Bonchev–Trinajstić information content (AvgIpc) is 2.75. The Balaban J connectivity index is 2.63. The second-order valence-electron chi connectivity index (χ2n) is 5.18. The number of carboxylic acid groups (broad SMARTS) is 1. The van der Waals surface area contributed by atoms with Crippen molar-refractivity contribution >= 4 is 27.7 Å². The highest BCUT2D eigenvalue weighted by Gasteiger charge is 2.57. The van der Waals surface area contributed by atoms with Gasteiger partial charge < -0.3 is 5.11 Å². The molecule has 1 aliphatic rings. The standard InChI is InChI=1S/C13H16ClNO4S/c1-9-5-6-11(8-12(9)14)20(18,19)15(13(16)17)7-3-4-10(15)2/h5-6,8,10H,3-4,7H2,1-2H3/p+1/t10-,15?/m1/s1. The topological polar surface area (TPSA) is 71.4 Å². The third kappa shape index (κ3) is 2.03. The minimum atomic E-state index is -4.03. The largest absolute Gasteiger partial charge is 0.529 e. The molecule has 20 heavy (non-hydrogen) atoms. The Morgan fingerprint density at radius 1 is 1.45 bits per heavy atom. The quantitative estimate of drug-likeness (QED) is 0.851. The monoisotopic (exact) mass is 318 g/mol. The summed E-state index contributed by atoms with van der Waals surface area (Å²) in [5.74, 6) is 0. The molecule has 1 aromatic carbocycles. The number of quaternary nitrogens is 1. The van der Waals surface area contributed by atoms with E-state index in [0.717, 1.165) is 5.56 Å². The Hall–Kier alpha value is -1.11. The number of halogens is 1. The fourth-order valence-electron chi connectivity index (χ4n) is 2.72. The van der Waals surface area contributed by atoms with E-state index in [1.807, 2.05) is 0 Å². The van der Waals surface area contributed by atoms with E-state index >= 15 is 0 Å². The normalized spacial score (nSPS) is 26.6. The van der Waals surface area contributed by atoms with Crippen LogP contribution in [0.4, 0.5) is 4.79 Å². The number of hydrogen-bond donors (Lipinski definition) is 1. The molecule has 1 unspecified atom stereocenters. The molecule has 7 heteroatoms. The molecule has 2 atom stereocenters. The average molecular weight is 319 g/mol. The minimum Gasteiger partial charge on any atom is -0.435 e. The molecular formula is C13H17ClNO4S+. The summed E-state index contributed by atoms with van der Waals surface area (Å²) in [5, 5.41) is 9.84. The van der Waals surface area contributed by atoms with Crippen molar-refractivity contribution in [1.82, 2.24) is 0 Å². The van der Waals surface area contributed by atoms with Crippen LogP contribution in [0.15, 0.2) is 23.1 Å². The number of benzene rings is 1. The second-order valence-corrected chi connectivity index (χ2v) is 7.66. The lowest BCUT2D eigenvalue weighted by Crippen LogP contribution is -2.58. The van der Waals surface area contributed by atoms with Crippen molar-refractivity contribution in [2.75, 3.05) is 6.54 Å². The van der Waals surface area contributed by atoms with E-state index in [1.165, 1.54) is 12.1 Å². The summed E-state index contributed by atoms with van der Waals surface area (Å²) in [6, 6.07) is 3.87. The van der Waals surface area contributed by atoms with E-state index in [1.54, 1.807) is 19.9 Å². The van der Waals surface area contributed by atoms with Crippen LogP contribution in [-0.4, -0.2) is 36.1 Å². The maximum Gasteiger partial charge on any atom is 0.529 e. The fraction of sp³-hybridized carbons (Fsp3) is 0.462. The highest BCUT2D eigenvalue weighted by molar-refractivity contribution is 7.86. The first-order valence-corrected chi connectivity index (χ1v) is 8.18. The van der Waals surface area contributed by atoms with Crippen LogP contribution in [0.3, 0.4) is 0 Å². The van der Waals surface area contributed by atoms with Crippen LogP contribution in [0, 0.1) is 6.92 Å². The van der Waals surface area contributed by atoms with E-state index < -0.39 is 26.0 Å². The molecule has 0 aromatic heterocycles. The highest BCUT2D eigenvalue weighted by Crippen LogP contribution is 2.36. The van der Waals surface area contributed by atoms with Gasteiger partial charge in [0.05, 0.1) is 0 Å². The van der Waals surface area contributed by atoms with E-state index in [0.29, 0.717) is 17.9 Å². The molecular weight excluding hydrogens is 302 g/mol. The number of rotatable bonds is 2. The highest BCUT2D eigenvalue weighted by atomic mass is 35.5. The van der Waals surface area contributed by atoms with Crippen molar-refractivity contribution < 1.29 is 22.2 Å². The van der Waals surface area contributed by atoms with Crippen LogP contribution in [-0.2, 0) is 10.0 Å². The Kier molecular flexibility index (Phi) is 3.83. The lowest BCUT2D eigenvalue weighted by atomic mass is 10.2. The minimum absolute atomic E-state index is 0.0377. The summed E-state index contributed by atoms with van der Waals surface area (Å²) in [6.45, 7) is 3.51. The van der Waals surface area contributed by atoms with E-state index in [9.17, 15) is 18.3 Å². The van der Waals surface area contributed by atoms with Crippen molar-refractivity contribution in [3.8, 4) is 0 Å². The van der Waals surface area contributed by atoms with Crippen molar-refractivity contribution in [1.29, 1.82) is 0 Å². The number of hydrogen-bond acceptors (Lipinski definition) is 3. The SMILES string of the molecule is Cc1ccc(S(=O)(=O)[N+]2(C(=O)O)CCC[C@H]2C)cc1Cl. The van der Waals surface area contributed by atoms with Gasteiger partial charge in [-0.3, -0.25) is 0 Å². The Bertz CT molecular complexity index is 658. The van der Waals surface area contributed by atoms with Crippen molar-refractivity contribution in [3.63, 3.8) is 0 Å². The Labute approximate surface area is 123 Å². The van der Waals surface area contributed by atoms with Crippen LogP contribution in [0.1, 0.15) is 25.3 Å². The molecule has 1 fully saturated rings. The fourth-order valence-corrected chi connectivity index (χ4v) is 5.00. The number of amides is 1. The lowest BCUT2D eigenvalue weighted by molar-refractivity contribution is -0.741. The van der Waals surface area contributed by atoms with Gasteiger partial charge >= 0.3 is 16.1 Å². The van der Waals surface area contributed by atoms with Gasteiger partial charge in [0.2, 0.25) is 0 Å². The summed E-state index contributed by atoms with van der Waals surface area (Å²) in [4.78, 5) is 11.6. The molecule has 0 radical (unpaired) electrons. The van der Waals surface area contributed by atoms with Gasteiger partial charge in [-0.2, -0.15) is 13.2 Å². The predicted molar refractivity (Wildman–Crippen MR) is 75.2 cm³/mol.